The normalized spacial score (nSPS) is 23.0. The summed E-state index contributed by atoms with van der Waals surface area (Å²) in [5.41, 5.74) is 7.82. The predicted molar refractivity (Wildman–Crippen MR) is 85.6 cm³/mol. The molecule has 0 bridgehead atoms. The van der Waals surface area contributed by atoms with Gasteiger partial charge in [-0.15, -0.1) is 0 Å². The first kappa shape index (κ1) is 16.0. The van der Waals surface area contributed by atoms with Crippen molar-refractivity contribution in [3.63, 3.8) is 0 Å². The van der Waals surface area contributed by atoms with Crippen molar-refractivity contribution >= 4 is 5.91 Å². The highest BCUT2D eigenvalue weighted by molar-refractivity contribution is 5.77. The Morgan fingerprint density at radius 1 is 1.24 bits per heavy atom. The molecule has 1 aromatic carbocycles. The number of benzene rings is 1. The molecule has 21 heavy (non-hydrogen) atoms. The molecule has 2 atom stereocenters. The summed E-state index contributed by atoms with van der Waals surface area (Å²) in [5, 5.41) is 2.86. The van der Waals surface area contributed by atoms with Crippen LogP contribution < -0.4 is 11.1 Å². The van der Waals surface area contributed by atoms with Gasteiger partial charge in [-0.2, -0.15) is 0 Å². The van der Waals surface area contributed by atoms with Gasteiger partial charge in [0.05, 0.1) is 6.54 Å². The van der Waals surface area contributed by atoms with Crippen molar-refractivity contribution in [2.24, 2.45) is 17.6 Å². The number of amides is 1. The van der Waals surface area contributed by atoms with E-state index < -0.39 is 0 Å². The van der Waals surface area contributed by atoms with Crippen molar-refractivity contribution < 1.29 is 4.79 Å². The zero-order chi connectivity index (χ0) is 15.2. The molecule has 0 aliphatic carbocycles. The lowest BCUT2D eigenvalue weighted by atomic mass is 9.91. The van der Waals surface area contributed by atoms with Crippen LogP contribution in [0.5, 0.6) is 0 Å². The maximum Gasteiger partial charge on any atom is 0.234 e. The highest BCUT2D eigenvalue weighted by Crippen LogP contribution is 2.23. The third-order valence-corrected chi connectivity index (χ3v) is 4.12. The van der Waals surface area contributed by atoms with E-state index >= 15 is 0 Å². The van der Waals surface area contributed by atoms with Crippen LogP contribution in [0.25, 0.3) is 0 Å². The molecule has 0 saturated carbocycles. The van der Waals surface area contributed by atoms with Gasteiger partial charge in [0.2, 0.25) is 5.91 Å². The van der Waals surface area contributed by atoms with Crippen LogP contribution in [-0.4, -0.2) is 30.4 Å². The average Bonchev–Trinajstić information content (AvgIpc) is 2.45. The number of piperidine rings is 1. The lowest BCUT2D eigenvalue weighted by Crippen LogP contribution is -2.38. The third-order valence-electron chi connectivity index (χ3n) is 4.12. The SMILES string of the molecule is CC1CC(C)CN(Cc2ccccc2CNC(=O)CN)C1. The molecule has 2 rings (SSSR count). The van der Waals surface area contributed by atoms with E-state index in [1.54, 1.807) is 0 Å². The molecule has 1 amide bonds. The minimum Gasteiger partial charge on any atom is -0.351 e. The van der Waals surface area contributed by atoms with Gasteiger partial charge in [0, 0.05) is 26.2 Å². The summed E-state index contributed by atoms with van der Waals surface area (Å²) in [6, 6.07) is 8.34. The number of carbonyl (C=O) groups is 1. The van der Waals surface area contributed by atoms with E-state index in [9.17, 15) is 4.79 Å². The van der Waals surface area contributed by atoms with Crippen molar-refractivity contribution in [1.29, 1.82) is 0 Å². The Morgan fingerprint density at radius 3 is 2.48 bits per heavy atom. The zero-order valence-electron chi connectivity index (χ0n) is 13.1. The number of carbonyl (C=O) groups excluding carboxylic acids is 1. The Bertz CT molecular complexity index is 465. The number of likely N-dealkylation sites (tertiary alicyclic amines) is 1. The first-order valence-corrected chi connectivity index (χ1v) is 7.84. The van der Waals surface area contributed by atoms with E-state index in [4.69, 9.17) is 5.73 Å². The number of hydrogen-bond acceptors (Lipinski definition) is 3. The smallest absolute Gasteiger partial charge is 0.234 e. The van der Waals surface area contributed by atoms with E-state index in [0.717, 1.165) is 31.5 Å². The molecule has 1 saturated heterocycles. The molecule has 1 aliphatic heterocycles. The third kappa shape index (κ3) is 4.83. The zero-order valence-corrected chi connectivity index (χ0v) is 13.1. The molecule has 0 radical (unpaired) electrons. The molecule has 0 aromatic heterocycles. The fourth-order valence-corrected chi connectivity index (χ4v) is 3.31. The number of nitrogens with zero attached hydrogens (tertiary/aromatic N) is 1. The van der Waals surface area contributed by atoms with Crippen LogP contribution >= 0.6 is 0 Å². The summed E-state index contributed by atoms with van der Waals surface area (Å²) < 4.78 is 0. The Kier molecular flexibility index (Phi) is 5.76. The van der Waals surface area contributed by atoms with E-state index in [1.807, 2.05) is 6.07 Å². The number of nitrogens with two attached hydrogens (primary N) is 1. The summed E-state index contributed by atoms with van der Waals surface area (Å²) in [6.45, 7) is 8.55. The first-order valence-electron chi connectivity index (χ1n) is 7.84. The van der Waals surface area contributed by atoms with E-state index in [-0.39, 0.29) is 12.5 Å². The standard InChI is InChI=1S/C17H27N3O/c1-13-7-14(2)11-20(10-13)12-16-6-4-3-5-15(16)9-19-17(21)8-18/h3-6,13-14H,7-12,18H2,1-2H3,(H,19,21). The van der Waals surface area contributed by atoms with Gasteiger partial charge in [0.25, 0.3) is 0 Å². The summed E-state index contributed by atoms with van der Waals surface area (Å²) in [7, 11) is 0. The van der Waals surface area contributed by atoms with Crippen LogP contribution in [0, 0.1) is 11.8 Å². The topological polar surface area (TPSA) is 58.4 Å². The molecule has 1 heterocycles. The fraction of sp³-hybridized carbons (Fsp3) is 0.588. The van der Waals surface area contributed by atoms with Crippen LogP contribution in [0.2, 0.25) is 0 Å². The fourth-order valence-electron chi connectivity index (χ4n) is 3.31. The van der Waals surface area contributed by atoms with Crippen molar-refractivity contribution in [2.75, 3.05) is 19.6 Å². The van der Waals surface area contributed by atoms with Gasteiger partial charge in [-0.3, -0.25) is 9.69 Å². The Balaban J connectivity index is 2.00. The number of hydrogen-bond donors (Lipinski definition) is 2. The summed E-state index contributed by atoms with van der Waals surface area (Å²) in [4.78, 5) is 13.9. The molecule has 4 nitrogen and oxygen atoms in total. The van der Waals surface area contributed by atoms with Gasteiger partial charge < -0.3 is 11.1 Å². The van der Waals surface area contributed by atoms with Gasteiger partial charge in [-0.25, -0.2) is 0 Å². The van der Waals surface area contributed by atoms with Crippen LogP contribution in [0.3, 0.4) is 0 Å². The molecule has 1 fully saturated rings. The molecular formula is C17H27N3O. The maximum atomic E-state index is 11.3. The first-order chi connectivity index (χ1) is 10.1. The lowest BCUT2D eigenvalue weighted by molar-refractivity contribution is -0.119. The highest BCUT2D eigenvalue weighted by atomic mass is 16.1. The van der Waals surface area contributed by atoms with Crippen molar-refractivity contribution in [3.8, 4) is 0 Å². The van der Waals surface area contributed by atoms with Crippen LogP contribution in [0.15, 0.2) is 24.3 Å². The minimum absolute atomic E-state index is 0.0450. The lowest BCUT2D eigenvalue weighted by Gasteiger charge is -2.35. The summed E-state index contributed by atoms with van der Waals surface area (Å²) in [6.07, 6.45) is 1.32. The molecule has 1 aliphatic rings. The molecule has 3 N–H and O–H groups in total. The second kappa shape index (κ2) is 7.57. The monoisotopic (exact) mass is 289 g/mol. The molecule has 116 valence electrons. The van der Waals surface area contributed by atoms with Gasteiger partial charge in [0.1, 0.15) is 0 Å². The Hall–Kier alpha value is -1.39. The number of rotatable bonds is 5. The van der Waals surface area contributed by atoms with Crippen molar-refractivity contribution in [2.45, 2.75) is 33.4 Å². The number of nitrogens with one attached hydrogen (secondary N) is 1. The van der Waals surface area contributed by atoms with Gasteiger partial charge in [-0.05, 0) is 29.4 Å². The van der Waals surface area contributed by atoms with Gasteiger partial charge in [-0.1, -0.05) is 38.1 Å². The minimum atomic E-state index is -0.106. The van der Waals surface area contributed by atoms with Crippen LogP contribution in [0.4, 0.5) is 0 Å². The van der Waals surface area contributed by atoms with Crippen LogP contribution in [0.1, 0.15) is 31.4 Å². The summed E-state index contributed by atoms with van der Waals surface area (Å²) >= 11 is 0. The van der Waals surface area contributed by atoms with E-state index in [1.165, 1.54) is 17.5 Å². The van der Waals surface area contributed by atoms with Gasteiger partial charge in [0.15, 0.2) is 0 Å². The van der Waals surface area contributed by atoms with E-state index in [2.05, 4.69) is 42.3 Å². The van der Waals surface area contributed by atoms with Crippen molar-refractivity contribution in [1.82, 2.24) is 10.2 Å². The maximum absolute atomic E-state index is 11.3. The second-order valence-corrected chi connectivity index (χ2v) is 6.39. The Labute approximate surface area is 127 Å². The summed E-state index contributed by atoms with van der Waals surface area (Å²) in [5.74, 6) is 1.42. The molecular weight excluding hydrogens is 262 g/mol. The molecule has 4 heteroatoms. The highest BCUT2D eigenvalue weighted by Gasteiger charge is 2.22. The molecule has 2 unspecified atom stereocenters. The van der Waals surface area contributed by atoms with Gasteiger partial charge >= 0.3 is 0 Å². The van der Waals surface area contributed by atoms with Crippen molar-refractivity contribution in [3.05, 3.63) is 35.4 Å². The van der Waals surface area contributed by atoms with E-state index in [0.29, 0.717) is 6.54 Å². The molecule has 0 spiro atoms. The second-order valence-electron chi connectivity index (χ2n) is 6.39. The largest absolute Gasteiger partial charge is 0.351 e. The van der Waals surface area contributed by atoms with Crippen LogP contribution in [-0.2, 0) is 17.9 Å². The molecule has 1 aromatic rings. The predicted octanol–water partition coefficient (Wildman–Crippen LogP) is 1.74. The quantitative estimate of drug-likeness (QED) is 0.868. The average molecular weight is 289 g/mol. The Morgan fingerprint density at radius 2 is 1.86 bits per heavy atom.